The lowest BCUT2D eigenvalue weighted by molar-refractivity contribution is -0.119. The Bertz CT molecular complexity index is 1350. The molecule has 0 bridgehead atoms. The van der Waals surface area contributed by atoms with Crippen LogP contribution in [0.4, 0.5) is 0 Å². The van der Waals surface area contributed by atoms with Crippen LogP contribution < -0.4 is 5.32 Å². The van der Waals surface area contributed by atoms with Crippen molar-refractivity contribution in [3.05, 3.63) is 60.7 Å². The molecule has 1 amide bonds. The van der Waals surface area contributed by atoms with Gasteiger partial charge in [0, 0.05) is 29.1 Å². The zero-order valence-corrected chi connectivity index (χ0v) is 20.7. The van der Waals surface area contributed by atoms with Gasteiger partial charge in [0.1, 0.15) is 0 Å². The highest BCUT2D eigenvalue weighted by atomic mass is 32.2. The molecule has 7 heteroatoms. The van der Waals surface area contributed by atoms with E-state index in [0.717, 1.165) is 45.2 Å². The molecule has 0 aliphatic heterocycles. The fourth-order valence-electron chi connectivity index (χ4n) is 4.89. The molecule has 2 aliphatic carbocycles. The van der Waals surface area contributed by atoms with Gasteiger partial charge in [0.2, 0.25) is 5.91 Å². The van der Waals surface area contributed by atoms with Crippen molar-refractivity contribution in [1.29, 1.82) is 0 Å². The van der Waals surface area contributed by atoms with Crippen LogP contribution in [0, 0.1) is 11.8 Å². The van der Waals surface area contributed by atoms with E-state index in [0.29, 0.717) is 23.6 Å². The average molecular weight is 484 g/mol. The molecule has 178 valence electrons. The summed E-state index contributed by atoms with van der Waals surface area (Å²) in [5.74, 6) is 2.66. The number of amides is 1. The fourth-order valence-corrected chi connectivity index (χ4v) is 5.70. The molecule has 35 heavy (non-hydrogen) atoms. The van der Waals surface area contributed by atoms with Crippen LogP contribution in [0.3, 0.4) is 0 Å². The van der Waals surface area contributed by atoms with Gasteiger partial charge >= 0.3 is 0 Å². The lowest BCUT2D eigenvalue weighted by Crippen LogP contribution is -2.39. The average Bonchev–Trinajstić information content (AvgIpc) is 3.84. The molecule has 0 saturated heterocycles. The van der Waals surface area contributed by atoms with E-state index < -0.39 is 0 Å². The molecule has 0 unspecified atom stereocenters. The number of carbonyl (C=O) groups excluding carboxylic acids is 1. The van der Waals surface area contributed by atoms with E-state index in [1.165, 1.54) is 37.4 Å². The minimum Gasteiger partial charge on any atom is -0.352 e. The molecule has 0 atom stereocenters. The van der Waals surface area contributed by atoms with Crippen LogP contribution >= 0.6 is 11.8 Å². The first kappa shape index (κ1) is 22.3. The molecule has 2 heterocycles. The van der Waals surface area contributed by atoms with Gasteiger partial charge < -0.3 is 9.88 Å². The van der Waals surface area contributed by atoms with Crippen LogP contribution in [-0.4, -0.2) is 37.5 Å². The van der Waals surface area contributed by atoms with Gasteiger partial charge in [-0.3, -0.25) is 4.79 Å². The number of nitrogens with zero attached hydrogens (tertiary/aromatic N) is 4. The maximum atomic E-state index is 12.7. The highest BCUT2D eigenvalue weighted by Gasteiger charge is 2.42. The molecule has 2 fully saturated rings. The van der Waals surface area contributed by atoms with Crippen molar-refractivity contribution in [3.8, 4) is 22.6 Å². The van der Waals surface area contributed by atoms with Gasteiger partial charge in [-0.15, -0.1) is 10.2 Å². The Morgan fingerprint density at radius 1 is 1.03 bits per heavy atom. The van der Waals surface area contributed by atoms with E-state index in [2.05, 4.69) is 51.3 Å². The van der Waals surface area contributed by atoms with Gasteiger partial charge in [-0.25, -0.2) is 4.98 Å². The third kappa shape index (κ3) is 4.69. The summed E-state index contributed by atoms with van der Waals surface area (Å²) in [5, 5.41) is 14.2. The van der Waals surface area contributed by atoms with Crippen LogP contribution in [0.5, 0.6) is 0 Å². The highest BCUT2D eigenvalue weighted by molar-refractivity contribution is 7.99. The van der Waals surface area contributed by atoms with Gasteiger partial charge in [0.15, 0.2) is 11.0 Å². The van der Waals surface area contributed by atoms with Crippen LogP contribution in [-0.2, 0) is 11.3 Å². The number of rotatable bonds is 9. The smallest absolute Gasteiger partial charge is 0.230 e. The number of hydrogen-bond donors (Lipinski definition) is 1. The van der Waals surface area contributed by atoms with Gasteiger partial charge in [0.25, 0.3) is 0 Å². The van der Waals surface area contributed by atoms with Crippen molar-refractivity contribution < 1.29 is 4.79 Å². The molecule has 6 nitrogen and oxygen atoms in total. The fraction of sp³-hybridized carbons (Fsp3) is 0.357. The molecule has 2 saturated carbocycles. The van der Waals surface area contributed by atoms with Crippen molar-refractivity contribution in [1.82, 2.24) is 25.1 Å². The third-order valence-corrected chi connectivity index (χ3v) is 7.95. The van der Waals surface area contributed by atoms with Gasteiger partial charge in [-0.05, 0) is 56.6 Å². The first-order valence-electron chi connectivity index (χ1n) is 12.5. The standard InChI is InChI=1S/C28H29N5OS/c1-2-33-27(31-32-28(33)35-17-25(34)30-26(19-12-13-19)20-14-15-20)22-16-24(18-8-4-3-5-9-18)29-23-11-7-6-10-21(22)23/h3-11,16,19-20,26H,2,12-15,17H2,1H3,(H,30,34). The van der Waals surface area contributed by atoms with Crippen molar-refractivity contribution in [2.24, 2.45) is 11.8 Å². The second-order valence-corrected chi connectivity index (χ2v) is 10.5. The lowest BCUT2D eigenvalue weighted by Gasteiger charge is -2.17. The SMILES string of the molecule is CCn1c(SCC(=O)NC(C2CC2)C2CC2)nnc1-c1cc(-c2ccccc2)nc2ccccc12. The number of aromatic nitrogens is 4. The first-order valence-corrected chi connectivity index (χ1v) is 13.5. The Balaban J connectivity index is 1.28. The minimum atomic E-state index is 0.103. The van der Waals surface area contributed by atoms with E-state index >= 15 is 0 Å². The van der Waals surface area contributed by atoms with Gasteiger partial charge in [0.05, 0.1) is 17.0 Å². The predicted molar refractivity (Wildman–Crippen MR) is 140 cm³/mol. The molecule has 2 aromatic carbocycles. The Morgan fingerprint density at radius 2 is 1.74 bits per heavy atom. The Morgan fingerprint density at radius 3 is 2.46 bits per heavy atom. The molecule has 0 radical (unpaired) electrons. The van der Waals surface area contributed by atoms with Crippen LogP contribution in [0.2, 0.25) is 0 Å². The van der Waals surface area contributed by atoms with E-state index in [1.807, 2.05) is 36.4 Å². The molecule has 1 N–H and O–H groups in total. The van der Waals surface area contributed by atoms with Crippen LogP contribution in [0.15, 0.2) is 65.8 Å². The third-order valence-electron chi connectivity index (χ3n) is 6.98. The minimum absolute atomic E-state index is 0.103. The summed E-state index contributed by atoms with van der Waals surface area (Å²) < 4.78 is 2.10. The topological polar surface area (TPSA) is 72.7 Å². The Kier molecular flexibility index (Phi) is 6.02. The van der Waals surface area contributed by atoms with Crippen molar-refractivity contribution in [2.75, 3.05) is 5.75 Å². The molecule has 4 aromatic rings. The normalized spacial score (nSPS) is 15.6. The maximum absolute atomic E-state index is 12.7. The van der Waals surface area contributed by atoms with E-state index in [-0.39, 0.29) is 5.91 Å². The number of para-hydroxylation sites is 1. The molecule has 2 aliphatic rings. The summed E-state index contributed by atoms with van der Waals surface area (Å²) in [6, 6.07) is 20.8. The first-order chi connectivity index (χ1) is 17.2. The second-order valence-electron chi connectivity index (χ2n) is 9.55. The van der Waals surface area contributed by atoms with Crippen LogP contribution in [0.1, 0.15) is 32.6 Å². The zero-order valence-electron chi connectivity index (χ0n) is 19.9. The molecule has 6 rings (SSSR count). The van der Waals surface area contributed by atoms with Gasteiger partial charge in [-0.2, -0.15) is 0 Å². The van der Waals surface area contributed by atoms with Crippen molar-refractivity contribution >= 4 is 28.6 Å². The summed E-state index contributed by atoms with van der Waals surface area (Å²) in [5.41, 5.74) is 3.90. The second kappa shape index (κ2) is 9.46. The Hall–Kier alpha value is -3.19. The Labute approximate surface area is 209 Å². The summed E-state index contributed by atoms with van der Waals surface area (Å²) >= 11 is 1.47. The summed E-state index contributed by atoms with van der Waals surface area (Å²) in [6.45, 7) is 2.81. The largest absolute Gasteiger partial charge is 0.352 e. The highest BCUT2D eigenvalue weighted by Crippen LogP contribution is 2.44. The lowest BCUT2D eigenvalue weighted by atomic mass is 10.0. The predicted octanol–water partition coefficient (Wildman–Crippen LogP) is 5.58. The monoisotopic (exact) mass is 483 g/mol. The van der Waals surface area contributed by atoms with Crippen LogP contribution in [0.25, 0.3) is 33.5 Å². The van der Waals surface area contributed by atoms with Crippen molar-refractivity contribution in [2.45, 2.75) is 50.4 Å². The molecular weight excluding hydrogens is 454 g/mol. The number of thioether (sulfide) groups is 1. The quantitative estimate of drug-likeness (QED) is 0.315. The van der Waals surface area contributed by atoms with E-state index in [9.17, 15) is 4.79 Å². The van der Waals surface area contributed by atoms with E-state index in [1.54, 1.807) is 0 Å². The number of benzene rings is 2. The zero-order chi connectivity index (χ0) is 23.8. The number of hydrogen-bond acceptors (Lipinski definition) is 5. The summed E-state index contributed by atoms with van der Waals surface area (Å²) in [7, 11) is 0. The van der Waals surface area contributed by atoms with Gasteiger partial charge in [-0.1, -0.05) is 60.3 Å². The summed E-state index contributed by atoms with van der Waals surface area (Å²) in [4.78, 5) is 17.7. The van der Waals surface area contributed by atoms with Crippen molar-refractivity contribution in [3.63, 3.8) is 0 Å². The van der Waals surface area contributed by atoms with E-state index in [4.69, 9.17) is 4.98 Å². The number of pyridine rings is 1. The number of fused-ring (bicyclic) bond motifs is 1. The molecular formula is C28H29N5OS. The molecule has 2 aromatic heterocycles. The maximum Gasteiger partial charge on any atom is 0.230 e. The number of nitrogens with one attached hydrogen (secondary N) is 1. The number of carbonyl (C=O) groups is 1. The molecule has 0 spiro atoms. The summed E-state index contributed by atoms with van der Waals surface area (Å²) in [6.07, 6.45) is 5.03.